The van der Waals surface area contributed by atoms with Crippen molar-refractivity contribution in [2.75, 3.05) is 31.1 Å². The van der Waals surface area contributed by atoms with Crippen LogP contribution in [0.15, 0.2) is 40.9 Å². The number of benzene rings is 1. The molecule has 0 saturated carbocycles. The van der Waals surface area contributed by atoms with Crippen LogP contribution in [0.5, 0.6) is 0 Å². The molecular weight excluding hydrogens is 523 g/mol. The molecule has 13 heteroatoms. The Labute approximate surface area is 221 Å². The fourth-order valence-electron chi connectivity index (χ4n) is 4.32. The zero-order chi connectivity index (χ0) is 27.2. The summed E-state index contributed by atoms with van der Waals surface area (Å²) in [5, 5.41) is 8.23. The molecule has 1 aliphatic heterocycles. The summed E-state index contributed by atoms with van der Waals surface area (Å²) in [5.74, 6) is -0.482. The summed E-state index contributed by atoms with van der Waals surface area (Å²) in [7, 11) is 0. The van der Waals surface area contributed by atoms with Crippen LogP contribution in [0.4, 0.5) is 19.2 Å². The molecule has 0 N–H and O–H groups in total. The lowest BCUT2D eigenvalue weighted by molar-refractivity contribution is -0.137. The minimum Gasteiger partial charge on any atom is -0.422 e. The van der Waals surface area contributed by atoms with Gasteiger partial charge in [-0.25, -0.2) is 4.98 Å². The van der Waals surface area contributed by atoms with Crippen LogP contribution in [-0.2, 0) is 12.7 Å². The van der Waals surface area contributed by atoms with Crippen LogP contribution in [0.2, 0.25) is 5.15 Å². The molecule has 1 saturated heterocycles. The molecule has 1 amide bonds. The van der Waals surface area contributed by atoms with Crippen molar-refractivity contribution < 1.29 is 22.4 Å². The van der Waals surface area contributed by atoms with Crippen LogP contribution < -0.4 is 4.90 Å². The average molecular weight is 548 g/mol. The van der Waals surface area contributed by atoms with E-state index in [-0.39, 0.29) is 35.3 Å². The molecule has 1 aromatic carbocycles. The van der Waals surface area contributed by atoms with E-state index in [2.05, 4.69) is 20.3 Å². The molecule has 4 heterocycles. The number of carbonyl (C=O) groups is 1. The largest absolute Gasteiger partial charge is 0.422 e. The van der Waals surface area contributed by atoms with E-state index < -0.39 is 17.6 Å². The topological polar surface area (TPSA) is 93.2 Å². The molecule has 0 radical (unpaired) electrons. The predicted molar refractivity (Wildman–Crippen MR) is 135 cm³/mol. The minimum absolute atomic E-state index is 0.0442. The molecule has 38 heavy (non-hydrogen) atoms. The van der Waals surface area contributed by atoms with Gasteiger partial charge in [0, 0.05) is 43.9 Å². The van der Waals surface area contributed by atoms with Crippen LogP contribution in [0, 0.1) is 5.41 Å². The van der Waals surface area contributed by atoms with E-state index in [0.717, 1.165) is 6.07 Å². The number of rotatable bonds is 4. The Morgan fingerprint density at radius 3 is 2.47 bits per heavy atom. The summed E-state index contributed by atoms with van der Waals surface area (Å²) in [4.78, 5) is 25.0. The van der Waals surface area contributed by atoms with Crippen molar-refractivity contribution in [3.63, 3.8) is 0 Å². The zero-order valence-electron chi connectivity index (χ0n) is 21.0. The van der Waals surface area contributed by atoms with Gasteiger partial charge in [-0.15, -0.1) is 5.10 Å². The van der Waals surface area contributed by atoms with Crippen molar-refractivity contribution in [1.29, 1.82) is 0 Å². The summed E-state index contributed by atoms with van der Waals surface area (Å²) < 4.78 is 49.4. The smallest absolute Gasteiger partial charge is 0.417 e. The van der Waals surface area contributed by atoms with Gasteiger partial charge in [0.2, 0.25) is 5.65 Å². The summed E-state index contributed by atoms with van der Waals surface area (Å²) in [6.07, 6.45) is -3.19. The first-order valence-electron chi connectivity index (χ1n) is 12.0. The molecule has 200 valence electrons. The quantitative estimate of drug-likeness (QED) is 0.326. The molecule has 3 aromatic heterocycles. The third-order valence-corrected chi connectivity index (χ3v) is 6.28. The fourth-order valence-corrected chi connectivity index (χ4v) is 4.47. The second-order valence-electron chi connectivity index (χ2n) is 10.4. The first kappa shape index (κ1) is 26.0. The van der Waals surface area contributed by atoms with Gasteiger partial charge in [-0.05, 0) is 29.7 Å². The van der Waals surface area contributed by atoms with Gasteiger partial charge in [-0.2, -0.15) is 18.2 Å². The monoisotopic (exact) mass is 547 g/mol. The first-order valence-corrected chi connectivity index (χ1v) is 12.3. The SMILES string of the molecule is CC(C)(C)Cn1cc(-c2ccc(C(=O)N3CCN(c4nc5nc(Cl)ccc5o4)CC3)cc2C(F)(F)F)nn1. The third kappa shape index (κ3) is 5.45. The van der Waals surface area contributed by atoms with Crippen LogP contribution in [0.25, 0.3) is 22.5 Å². The molecule has 0 unspecified atom stereocenters. The van der Waals surface area contributed by atoms with Crippen molar-refractivity contribution in [2.45, 2.75) is 33.5 Å². The lowest BCUT2D eigenvalue weighted by Crippen LogP contribution is -2.49. The fraction of sp³-hybridized carbons (Fsp3) is 0.400. The maximum atomic E-state index is 14.0. The van der Waals surface area contributed by atoms with Gasteiger partial charge < -0.3 is 14.2 Å². The lowest BCUT2D eigenvalue weighted by Gasteiger charge is -2.34. The zero-order valence-corrected chi connectivity index (χ0v) is 21.7. The van der Waals surface area contributed by atoms with Crippen molar-refractivity contribution in [3.05, 3.63) is 52.8 Å². The molecule has 4 aromatic rings. The molecular formula is C25H25ClF3N7O2. The molecule has 0 atom stereocenters. The van der Waals surface area contributed by atoms with Gasteiger partial charge in [0.25, 0.3) is 11.9 Å². The van der Waals surface area contributed by atoms with E-state index in [1.54, 1.807) is 12.1 Å². The number of pyridine rings is 1. The highest BCUT2D eigenvalue weighted by molar-refractivity contribution is 6.29. The Balaban J connectivity index is 1.33. The molecule has 1 aliphatic rings. The van der Waals surface area contributed by atoms with Crippen LogP contribution in [0.1, 0.15) is 36.7 Å². The van der Waals surface area contributed by atoms with E-state index in [4.69, 9.17) is 16.0 Å². The van der Waals surface area contributed by atoms with E-state index in [0.29, 0.717) is 42.0 Å². The van der Waals surface area contributed by atoms with E-state index in [1.807, 2.05) is 25.7 Å². The number of hydrogen-bond donors (Lipinski definition) is 0. The second-order valence-corrected chi connectivity index (χ2v) is 10.7. The molecule has 1 fully saturated rings. The number of amides is 1. The normalized spacial score (nSPS) is 14.9. The first-order chi connectivity index (χ1) is 17.9. The van der Waals surface area contributed by atoms with Crippen molar-refractivity contribution >= 4 is 34.8 Å². The number of carbonyl (C=O) groups excluding carboxylic acids is 1. The Morgan fingerprint density at radius 1 is 1.05 bits per heavy atom. The second kappa shape index (κ2) is 9.57. The average Bonchev–Trinajstić information content (AvgIpc) is 3.48. The third-order valence-electron chi connectivity index (χ3n) is 6.07. The number of oxazole rings is 1. The highest BCUT2D eigenvalue weighted by Crippen LogP contribution is 2.37. The highest BCUT2D eigenvalue weighted by atomic mass is 35.5. The van der Waals surface area contributed by atoms with Gasteiger partial charge in [-0.3, -0.25) is 9.48 Å². The van der Waals surface area contributed by atoms with Gasteiger partial charge in [0.05, 0.1) is 11.8 Å². The Morgan fingerprint density at radius 2 is 1.79 bits per heavy atom. The van der Waals surface area contributed by atoms with Gasteiger partial charge in [-0.1, -0.05) is 43.7 Å². The Kier molecular flexibility index (Phi) is 6.54. The molecule has 5 rings (SSSR count). The highest BCUT2D eigenvalue weighted by Gasteiger charge is 2.36. The number of aromatic nitrogens is 5. The predicted octanol–water partition coefficient (Wildman–Crippen LogP) is 5.16. The number of fused-ring (bicyclic) bond motifs is 1. The number of nitrogens with zero attached hydrogens (tertiary/aromatic N) is 7. The Hall–Kier alpha value is -3.67. The van der Waals surface area contributed by atoms with Crippen LogP contribution in [0.3, 0.4) is 0 Å². The van der Waals surface area contributed by atoms with Crippen molar-refractivity contribution in [3.8, 4) is 11.3 Å². The number of hydrogen-bond acceptors (Lipinski definition) is 7. The summed E-state index contributed by atoms with van der Waals surface area (Å²) in [6.45, 7) is 7.85. The van der Waals surface area contributed by atoms with Gasteiger partial charge in [0.15, 0.2) is 5.58 Å². The van der Waals surface area contributed by atoms with E-state index in [9.17, 15) is 18.0 Å². The van der Waals surface area contributed by atoms with E-state index >= 15 is 0 Å². The maximum absolute atomic E-state index is 14.0. The number of halogens is 4. The van der Waals surface area contributed by atoms with Gasteiger partial charge >= 0.3 is 6.18 Å². The number of alkyl halides is 3. The lowest BCUT2D eigenvalue weighted by atomic mass is 9.97. The van der Waals surface area contributed by atoms with E-state index in [1.165, 1.54) is 27.9 Å². The summed E-state index contributed by atoms with van der Waals surface area (Å²) >= 11 is 5.91. The standard InChI is InChI=1S/C25H25ClF3N7O2/c1-24(2,3)14-36-13-18(32-33-36)16-5-4-15(12-17(16)25(27,28)29)22(37)34-8-10-35(11-9-34)23-31-21-19(38-23)6-7-20(26)30-21/h4-7,12-13H,8-11,14H2,1-3H3. The Bertz CT molecular complexity index is 1480. The summed E-state index contributed by atoms with van der Waals surface area (Å²) in [6, 6.07) is 7.21. The molecule has 0 bridgehead atoms. The number of anilines is 1. The van der Waals surface area contributed by atoms with Gasteiger partial charge in [0.1, 0.15) is 10.8 Å². The van der Waals surface area contributed by atoms with Crippen LogP contribution in [-0.4, -0.2) is 61.9 Å². The minimum atomic E-state index is -4.68. The molecule has 0 spiro atoms. The molecule has 0 aliphatic carbocycles. The van der Waals surface area contributed by atoms with Crippen molar-refractivity contribution in [1.82, 2.24) is 29.9 Å². The summed E-state index contributed by atoms with van der Waals surface area (Å²) in [5.41, 5.74) is -0.250. The van der Waals surface area contributed by atoms with Crippen LogP contribution >= 0.6 is 11.6 Å². The maximum Gasteiger partial charge on any atom is 0.417 e. The van der Waals surface area contributed by atoms with Crippen molar-refractivity contribution in [2.24, 2.45) is 5.41 Å². The number of piperazine rings is 1. The molecule has 9 nitrogen and oxygen atoms in total.